The van der Waals surface area contributed by atoms with E-state index in [4.69, 9.17) is 5.73 Å². The molecule has 0 unspecified atom stereocenters. The van der Waals surface area contributed by atoms with Crippen LogP contribution in [0.5, 0.6) is 0 Å². The fraction of sp³-hybridized carbons (Fsp3) is 0.778. The average molecular weight is 201 g/mol. The van der Waals surface area contributed by atoms with Gasteiger partial charge >= 0.3 is 6.03 Å². The molecule has 0 fully saturated rings. The van der Waals surface area contributed by atoms with E-state index in [0.29, 0.717) is 32.5 Å². The molecule has 0 saturated heterocycles. The Morgan fingerprint density at radius 1 is 1.50 bits per heavy atom. The van der Waals surface area contributed by atoms with Crippen molar-refractivity contribution in [2.24, 2.45) is 5.73 Å². The number of amides is 3. The molecule has 5 heteroatoms. The van der Waals surface area contributed by atoms with E-state index in [9.17, 15) is 9.59 Å². The minimum absolute atomic E-state index is 0.332. The zero-order chi connectivity index (χ0) is 10.8. The lowest BCUT2D eigenvalue weighted by molar-refractivity contribution is -0.115. The van der Waals surface area contributed by atoms with Gasteiger partial charge in [0, 0.05) is 13.1 Å². The number of hydrogen-bond donors (Lipinski definition) is 2. The largest absolute Gasteiger partial charge is 0.338 e. The fourth-order valence-corrected chi connectivity index (χ4v) is 0.937. The lowest BCUT2D eigenvalue weighted by Crippen LogP contribution is -2.40. The average Bonchev–Trinajstić information content (AvgIpc) is 2.19. The Morgan fingerprint density at radius 3 is 2.71 bits per heavy atom. The van der Waals surface area contributed by atoms with Gasteiger partial charge in [-0.05, 0) is 19.4 Å². The van der Waals surface area contributed by atoms with Crippen molar-refractivity contribution in [2.75, 3.05) is 19.6 Å². The molecule has 5 nitrogen and oxygen atoms in total. The molecule has 0 radical (unpaired) electrons. The molecule has 82 valence electrons. The van der Waals surface area contributed by atoms with Crippen LogP contribution < -0.4 is 11.1 Å². The fourth-order valence-electron chi connectivity index (χ4n) is 0.937. The Kier molecular flexibility index (Phi) is 7.83. The first-order valence-electron chi connectivity index (χ1n) is 4.96. The molecule has 0 aliphatic heterocycles. The zero-order valence-corrected chi connectivity index (χ0v) is 8.66. The van der Waals surface area contributed by atoms with Crippen molar-refractivity contribution in [1.82, 2.24) is 10.2 Å². The zero-order valence-electron chi connectivity index (χ0n) is 8.66. The summed E-state index contributed by atoms with van der Waals surface area (Å²) in [4.78, 5) is 22.9. The van der Waals surface area contributed by atoms with Crippen molar-refractivity contribution < 1.29 is 9.59 Å². The minimum atomic E-state index is -0.332. The number of carbonyl (C=O) groups excluding carboxylic acids is 2. The Hall–Kier alpha value is -1.10. The van der Waals surface area contributed by atoms with Crippen LogP contribution in [0.4, 0.5) is 4.79 Å². The number of imide groups is 1. The van der Waals surface area contributed by atoms with Crippen LogP contribution in [-0.2, 0) is 4.79 Å². The van der Waals surface area contributed by atoms with E-state index in [2.05, 4.69) is 5.32 Å². The highest BCUT2D eigenvalue weighted by Gasteiger charge is 2.09. The highest BCUT2D eigenvalue weighted by Crippen LogP contribution is 1.89. The standard InChI is InChI=1S/C9H19N3O2/c1-2-3-6-11-9(14)12(8-13)7-4-5-10/h8H,2-7,10H2,1H3,(H,11,14). The molecule has 3 amide bonds. The van der Waals surface area contributed by atoms with Gasteiger partial charge in [0.1, 0.15) is 0 Å². The first-order valence-corrected chi connectivity index (χ1v) is 4.96. The van der Waals surface area contributed by atoms with E-state index in [1.165, 1.54) is 0 Å². The van der Waals surface area contributed by atoms with E-state index in [0.717, 1.165) is 17.7 Å². The van der Waals surface area contributed by atoms with Gasteiger partial charge in [0.15, 0.2) is 0 Å². The highest BCUT2D eigenvalue weighted by molar-refractivity contribution is 5.84. The van der Waals surface area contributed by atoms with Crippen molar-refractivity contribution >= 4 is 12.4 Å². The molecule has 0 bridgehead atoms. The predicted octanol–water partition coefficient (Wildman–Crippen LogP) is 0.303. The lowest BCUT2D eigenvalue weighted by atomic mass is 10.3. The van der Waals surface area contributed by atoms with Gasteiger partial charge in [-0.25, -0.2) is 4.79 Å². The topological polar surface area (TPSA) is 75.4 Å². The Bertz CT molecular complexity index is 173. The number of hydrogen-bond acceptors (Lipinski definition) is 3. The lowest BCUT2D eigenvalue weighted by Gasteiger charge is -2.15. The molecule has 0 aliphatic carbocycles. The quantitative estimate of drug-likeness (QED) is 0.459. The van der Waals surface area contributed by atoms with Gasteiger partial charge < -0.3 is 11.1 Å². The van der Waals surface area contributed by atoms with Crippen molar-refractivity contribution in [2.45, 2.75) is 26.2 Å². The normalized spacial score (nSPS) is 9.57. The Balaban J connectivity index is 3.73. The Morgan fingerprint density at radius 2 is 2.21 bits per heavy atom. The maximum Gasteiger partial charge on any atom is 0.323 e. The van der Waals surface area contributed by atoms with Gasteiger partial charge in [0.2, 0.25) is 6.41 Å². The molecule has 0 spiro atoms. The molecule has 0 aromatic carbocycles. The van der Waals surface area contributed by atoms with E-state index < -0.39 is 0 Å². The van der Waals surface area contributed by atoms with Gasteiger partial charge in [0.05, 0.1) is 0 Å². The van der Waals surface area contributed by atoms with Crippen LogP contribution in [-0.4, -0.2) is 37.0 Å². The number of nitrogens with two attached hydrogens (primary N) is 1. The summed E-state index contributed by atoms with van der Waals surface area (Å²) in [5.74, 6) is 0. The second-order valence-corrected chi connectivity index (χ2v) is 3.03. The van der Waals surface area contributed by atoms with Crippen LogP contribution in [0.2, 0.25) is 0 Å². The number of unbranched alkanes of at least 4 members (excludes halogenated alkanes) is 1. The van der Waals surface area contributed by atoms with Crippen molar-refractivity contribution in [3.8, 4) is 0 Å². The van der Waals surface area contributed by atoms with Crippen LogP contribution in [0.1, 0.15) is 26.2 Å². The van der Waals surface area contributed by atoms with Gasteiger partial charge in [-0.2, -0.15) is 0 Å². The van der Waals surface area contributed by atoms with E-state index in [1.807, 2.05) is 6.92 Å². The molecule has 14 heavy (non-hydrogen) atoms. The number of rotatable bonds is 7. The molecule has 0 aromatic heterocycles. The SMILES string of the molecule is CCCCNC(=O)N(C=O)CCCN. The summed E-state index contributed by atoms with van der Waals surface area (Å²) in [6.07, 6.45) is 3.12. The van der Waals surface area contributed by atoms with E-state index in [-0.39, 0.29) is 6.03 Å². The van der Waals surface area contributed by atoms with E-state index in [1.54, 1.807) is 0 Å². The number of nitrogens with zero attached hydrogens (tertiary/aromatic N) is 1. The van der Waals surface area contributed by atoms with Crippen molar-refractivity contribution in [3.63, 3.8) is 0 Å². The van der Waals surface area contributed by atoms with Crippen LogP contribution >= 0.6 is 0 Å². The third-order valence-electron chi connectivity index (χ3n) is 1.80. The third kappa shape index (κ3) is 5.53. The summed E-state index contributed by atoms with van der Waals surface area (Å²) in [7, 11) is 0. The summed E-state index contributed by atoms with van der Waals surface area (Å²) in [5, 5.41) is 2.66. The summed E-state index contributed by atoms with van der Waals surface area (Å²) >= 11 is 0. The second-order valence-electron chi connectivity index (χ2n) is 3.03. The molecular formula is C9H19N3O2. The first-order chi connectivity index (χ1) is 6.76. The predicted molar refractivity (Wildman–Crippen MR) is 54.7 cm³/mol. The van der Waals surface area contributed by atoms with Gasteiger partial charge in [-0.3, -0.25) is 9.69 Å². The van der Waals surface area contributed by atoms with Gasteiger partial charge in [-0.15, -0.1) is 0 Å². The van der Waals surface area contributed by atoms with Gasteiger partial charge in [-0.1, -0.05) is 13.3 Å². The summed E-state index contributed by atoms with van der Waals surface area (Å²) in [6, 6.07) is -0.332. The molecule has 0 heterocycles. The highest BCUT2D eigenvalue weighted by atomic mass is 16.2. The van der Waals surface area contributed by atoms with Crippen LogP contribution in [0, 0.1) is 0 Å². The smallest absolute Gasteiger partial charge is 0.323 e. The monoisotopic (exact) mass is 201 g/mol. The molecule has 0 atom stereocenters. The summed E-state index contributed by atoms with van der Waals surface area (Å²) in [5.41, 5.74) is 5.28. The third-order valence-corrected chi connectivity index (χ3v) is 1.80. The summed E-state index contributed by atoms with van der Waals surface area (Å²) in [6.45, 7) is 3.52. The van der Waals surface area contributed by atoms with Crippen molar-refractivity contribution in [1.29, 1.82) is 0 Å². The molecule has 0 saturated carbocycles. The van der Waals surface area contributed by atoms with E-state index >= 15 is 0 Å². The molecule has 0 aliphatic rings. The summed E-state index contributed by atoms with van der Waals surface area (Å²) < 4.78 is 0. The van der Waals surface area contributed by atoms with Crippen molar-refractivity contribution in [3.05, 3.63) is 0 Å². The Labute approximate surface area is 84.6 Å². The molecule has 0 rings (SSSR count). The van der Waals surface area contributed by atoms with Crippen LogP contribution in [0.3, 0.4) is 0 Å². The molecular weight excluding hydrogens is 182 g/mol. The minimum Gasteiger partial charge on any atom is -0.338 e. The first kappa shape index (κ1) is 12.9. The van der Waals surface area contributed by atoms with Crippen LogP contribution in [0.15, 0.2) is 0 Å². The number of urea groups is 1. The maximum atomic E-state index is 11.3. The maximum absolute atomic E-state index is 11.3. The van der Waals surface area contributed by atoms with Gasteiger partial charge in [0.25, 0.3) is 0 Å². The number of nitrogens with one attached hydrogen (secondary N) is 1. The molecule has 3 N–H and O–H groups in total. The van der Waals surface area contributed by atoms with Crippen LogP contribution in [0.25, 0.3) is 0 Å². The number of carbonyl (C=O) groups is 2. The molecule has 0 aromatic rings. The second kappa shape index (κ2) is 8.50.